The topological polar surface area (TPSA) is 63.6 Å². The molecule has 0 aliphatic carbocycles. The molecule has 5 nitrogen and oxygen atoms in total. The van der Waals surface area contributed by atoms with Crippen LogP contribution in [0.2, 0.25) is 0 Å². The van der Waals surface area contributed by atoms with Crippen LogP contribution in [0.4, 0.5) is 0 Å². The highest BCUT2D eigenvalue weighted by molar-refractivity contribution is 5.44. The number of nitrogens with one attached hydrogen (secondary N) is 1. The van der Waals surface area contributed by atoms with Gasteiger partial charge in [-0.3, -0.25) is 4.98 Å². The average Bonchev–Trinajstić information content (AvgIpc) is 2.55. The molecule has 0 spiro atoms. The van der Waals surface area contributed by atoms with Crippen molar-refractivity contribution in [1.29, 1.82) is 0 Å². The van der Waals surface area contributed by atoms with Gasteiger partial charge in [0.2, 0.25) is 0 Å². The Morgan fingerprint density at radius 2 is 1.86 bits per heavy atom. The first-order valence-electron chi connectivity index (χ1n) is 7.00. The standard InChI is InChI=1S/C16H18N2O3/c19-14(11-18-10-12-3-5-17-6-4-12)13-1-2-15-16(9-13)21-8-7-20-15/h1-6,9,14,18-19H,7-8,10-11H2. The van der Waals surface area contributed by atoms with Gasteiger partial charge in [0, 0.05) is 25.5 Å². The summed E-state index contributed by atoms with van der Waals surface area (Å²) < 4.78 is 11.0. The van der Waals surface area contributed by atoms with Gasteiger partial charge in [-0.25, -0.2) is 0 Å². The van der Waals surface area contributed by atoms with Gasteiger partial charge in [0.05, 0.1) is 6.10 Å². The molecule has 0 saturated carbocycles. The zero-order chi connectivity index (χ0) is 14.5. The second-order valence-corrected chi connectivity index (χ2v) is 4.91. The number of hydrogen-bond acceptors (Lipinski definition) is 5. The predicted molar refractivity (Wildman–Crippen MR) is 78.3 cm³/mol. The molecule has 1 atom stereocenters. The number of aliphatic hydroxyl groups excluding tert-OH is 1. The summed E-state index contributed by atoms with van der Waals surface area (Å²) in [4.78, 5) is 3.97. The van der Waals surface area contributed by atoms with Gasteiger partial charge in [0.15, 0.2) is 11.5 Å². The Labute approximate surface area is 123 Å². The summed E-state index contributed by atoms with van der Waals surface area (Å²) in [6, 6.07) is 9.45. The van der Waals surface area contributed by atoms with Crippen LogP contribution < -0.4 is 14.8 Å². The Morgan fingerprint density at radius 1 is 1.10 bits per heavy atom. The van der Waals surface area contributed by atoms with Gasteiger partial charge < -0.3 is 19.9 Å². The number of rotatable bonds is 5. The van der Waals surface area contributed by atoms with Crippen molar-refractivity contribution in [3.8, 4) is 11.5 Å². The van der Waals surface area contributed by atoms with E-state index in [4.69, 9.17) is 9.47 Å². The molecule has 1 aliphatic heterocycles. The third kappa shape index (κ3) is 3.51. The van der Waals surface area contributed by atoms with E-state index in [0.717, 1.165) is 16.9 Å². The molecule has 0 fully saturated rings. The van der Waals surface area contributed by atoms with Crippen molar-refractivity contribution in [2.24, 2.45) is 0 Å². The summed E-state index contributed by atoms with van der Waals surface area (Å²) in [5.41, 5.74) is 1.96. The van der Waals surface area contributed by atoms with Gasteiger partial charge in [0.25, 0.3) is 0 Å². The van der Waals surface area contributed by atoms with Crippen LogP contribution in [-0.4, -0.2) is 29.8 Å². The fourth-order valence-electron chi connectivity index (χ4n) is 2.24. The van der Waals surface area contributed by atoms with E-state index in [9.17, 15) is 5.11 Å². The molecule has 0 radical (unpaired) electrons. The van der Waals surface area contributed by atoms with Crippen LogP contribution in [0.5, 0.6) is 11.5 Å². The minimum Gasteiger partial charge on any atom is -0.486 e. The van der Waals surface area contributed by atoms with Crippen LogP contribution >= 0.6 is 0 Å². The molecule has 1 unspecified atom stereocenters. The molecule has 110 valence electrons. The van der Waals surface area contributed by atoms with Gasteiger partial charge in [-0.1, -0.05) is 6.07 Å². The van der Waals surface area contributed by atoms with Crippen molar-refractivity contribution in [3.63, 3.8) is 0 Å². The van der Waals surface area contributed by atoms with Crippen molar-refractivity contribution < 1.29 is 14.6 Å². The van der Waals surface area contributed by atoms with E-state index < -0.39 is 6.10 Å². The van der Waals surface area contributed by atoms with E-state index in [2.05, 4.69) is 10.3 Å². The van der Waals surface area contributed by atoms with E-state index >= 15 is 0 Å². The van der Waals surface area contributed by atoms with E-state index in [0.29, 0.717) is 32.1 Å². The quantitative estimate of drug-likeness (QED) is 0.875. The third-order valence-electron chi connectivity index (χ3n) is 3.37. The number of fused-ring (bicyclic) bond motifs is 1. The summed E-state index contributed by atoms with van der Waals surface area (Å²) in [5, 5.41) is 13.5. The molecule has 1 aromatic carbocycles. The fourth-order valence-corrected chi connectivity index (χ4v) is 2.24. The maximum absolute atomic E-state index is 10.2. The van der Waals surface area contributed by atoms with E-state index in [-0.39, 0.29) is 0 Å². The van der Waals surface area contributed by atoms with E-state index in [1.807, 2.05) is 30.3 Å². The zero-order valence-electron chi connectivity index (χ0n) is 11.7. The van der Waals surface area contributed by atoms with Crippen LogP contribution in [0.15, 0.2) is 42.7 Å². The summed E-state index contributed by atoms with van der Waals surface area (Å²) >= 11 is 0. The van der Waals surface area contributed by atoms with Gasteiger partial charge in [-0.05, 0) is 35.4 Å². The number of aliphatic hydroxyl groups is 1. The average molecular weight is 286 g/mol. The number of benzene rings is 1. The molecule has 3 rings (SSSR count). The minimum atomic E-state index is -0.581. The highest BCUT2D eigenvalue weighted by atomic mass is 16.6. The van der Waals surface area contributed by atoms with E-state index in [1.165, 1.54) is 0 Å². The molecule has 1 aromatic heterocycles. The lowest BCUT2D eigenvalue weighted by Crippen LogP contribution is -2.21. The van der Waals surface area contributed by atoms with Crippen LogP contribution in [0.1, 0.15) is 17.2 Å². The normalized spacial score (nSPS) is 14.7. The van der Waals surface area contributed by atoms with Crippen LogP contribution in [0, 0.1) is 0 Å². The Bertz CT molecular complexity index is 589. The van der Waals surface area contributed by atoms with Gasteiger partial charge in [0.1, 0.15) is 13.2 Å². The molecular formula is C16H18N2O3. The highest BCUT2D eigenvalue weighted by Crippen LogP contribution is 2.32. The molecule has 1 aliphatic rings. The van der Waals surface area contributed by atoms with Crippen LogP contribution in [-0.2, 0) is 6.54 Å². The van der Waals surface area contributed by atoms with Gasteiger partial charge >= 0.3 is 0 Å². The lowest BCUT2D eigenvalue weighted by molar-refractivity contribution is 0.163. The molecule has 2 aromatic rings. The number of nitrogens with zero attached hydrogens (tertiary/aromatic N) is 1. The first-order valence-corrected chi connectivity index (χ1v) is 7.00. The molecule has 0 bridgehead atoms. The number of aromatic nitrogens is 1. The lowest BCUT2D eigenvalue weighted by atomic mass is 10.1. The van der Waals surface area contributed by atoms with Crippen LogP contribution in [0.3, 0.4) is 0 Å². The molecule has 21 heavy (non-hydrogen) atoms. The number of ether oxygens (including phenoxy) is 2. The third-order valence-corrected chi connectivity index (χ3v) is 3.37. The van der Waals surface area contributed by atoms with Gasteiger partial charge in [-0.2, -0.15) is 0 Å². The summed E-state index contributed by atoms with van der Waals surface area (Å²) in [6.07, 6.45) is 2.94. The molecule has 2 N–H and O–H groups in total. The fraction of sp³-hybridized carbons (Fsp3) is 0.312. The van der Waals surface area contributed by atoms with E-state index in [1.54, 1.807) is 12.4 Å². The maximum atomic E-state index is 10.2. The first-order chi connectivity index (χ1) is 10.3. The van der Waals surface area contributed by atoms with Crippen molar-refractivity contribution in [2.45, 2.75) is 12.6 Å². The summed E-state index contributed by atoms with van der Waals surface area (Å²) in [5.74, 6) is 1.44. The smallest absolute Gasteiger partial charge is 0.161 e. The predicted octanol–water partition coefficient (Wildman–Crippen LogP) is 1.68. The van der Waals surface area contributed by atoms with Crippen molar-refractivity contribution in [3.05, 3.63) is 53.9 Å². The monoisotopic (exact) mass is 286 g/mol. The summed E-state index contributed by atoms with van der Waals surface area (Å²) in [6.45, 7) is 2.29. The van der Waals surface area contributed by atoms with Crippen molar-refractivity contribution in [1.82, 2.24) is 10.3 Å². The SMILES string of the molecule is OC(CNCc1ccncc1)c1ccc2c(c1)OCCO2. The van der Waals surface area contributed by atoms with Gasteiger partial charge in [-0.15, -0.1) is 0 Å². The largest absolute Gasteiger partial charge is 0.486 e. The minimum absolute atomic E-state index is 0.474. The summed E-state index contributed by atoms with van der Waals surface area (Å²) in [7, 11) is 0. The first kappa shape index (κ1) is 13.9. The number of hydrogen-bond donors (Lipinski definition) is 2. The zero-order valence-corrected chi connectivity index (χ0v) is 11.7. The highest BCUT2D eigenvalue weighted by Gasteiger charge is 2.15. The Kier molecular flexibility index (Phi) is 4.33. The Balaban J connectivity index is 1.56. The molecular weight excluding hydrogens is 268 g/mol. The number of pyridine rings is 1. The van der Waals surface area contributed by atoms with Crippen LogP contribution in [0.25, 0.3) is 0 Å². The second-order valence-electron chi connectivity index (χ2n) is 4.91. The lowest BCUT2D eigenvalue weighted by Gasteiger charge is -2.20. The molecule has 0 amide bonds. The maximum Gasteiger partial charge on any atom is 0.161 e. The molecule has 2 heterocycles. The van der Waals surface area contributed by atoms with Crippen molar-refractivity contribution >= 4 is 0 Å². The Morgan fingerprint density at radius 3 is 2.67 bits per heavy atom. The second kappa shape index (κ2) is 6.56. The molecule has 0 saturated heterocycles. The van der Waals surface area contributed by atoms with Crippen molar-refractivity contribution in [2.75, 3.05) is 19.8 Å². The Hall–Kier alpha value is -2.11. The molecule has 5 heteroatoms.